The molecule has 0 saturated heterocycles. The van der Waals surface area contributed by atoms with Gasteiger partial charge in [-0.05, 0) is 30.0 Å². The Bertz CT molecular complexity index is 1580. The van der Waals surface area contributed by atoms with Gasteiger partial charge in [0.05, 0.1) is 17.0 Å². The van der Waals surface area contributed by atoms with E-state index >= 15 is 0 Å². The Hall–Kier alpha value is -4.40. The predicted octanol–water partition coefficient (Wildman–Crippen LogP) is 7.48. The van der Waals surface area contributed by atoms with E-state index in [2.05, 4.69) is 11.4 Å². The van der Waals surface area contributed by atoms with E-state index < -0.39 is 0 Å². The number of carbonyl (C=O) groups excluding carboxylic acids is 1. The van der Waals surface area contributed by atoms with Crippen LogP contribution in [0.1, 0.15) is 11.1 Å². The van der Waals surface area contributed by atoms with E-state index in [9.17, 15) is 10.1 Å². The topological polar surface area (TPSA) is 65.8 Å². The van der Waals surface area contributed by atoms with E-state index in [0.717, 1.165) is 44.4 Å². The molecule has 1 heterocycles. The lowest BCUT2D eigenvalue weighted by atomic mass is 9.99. The lowest BCUT2D eigenvalue weighted by Crippen LogP contribution is -2.14. The second-order valence-electron chi connectivity index (χ2n) is 8.44. The van der Waals surface area contributed by atoms with Gasteiger partial charge in [0.15, 0.2) is 0 Å². The molecular formula is C31H23N3OS. The normalized spacial score (nSPS) is 10.7. The molecule has 1 aromatic heterocycles. The number of hydrogen-bond acceptors (Lipinski definition) is 4. The van der Waals surface area contributed by atoms with Crippen molar-refractivity contribution in [1.29, 1.82) is 5.26 Å². The fraction of sp³-hybridized carbons (Fsp3) is 0.0645. The average molecular weight is 486 g/mol. The van der Waals surface area contributed by atoms with Gasteiger partial charge in [-0.2, -0.15) is 5.26 Å². The molecule has 0 saturated carbocycles. The second kappa shape index (κ2) is 10.5. The maximum atomic E-state index is 12.9. The molecule has 0 aliphatic rings. The Morgan fingerprint density at radius 2 is 1.61 bits per heavy atom. The van der Waals surface area contributed by atoms with E-state index in [1.54, 1.807) is 0 Å². The fourth-order valence-electron chi connectivity index (χ4n) is 4.11. The van der Waals surface area contributed by atoms with Gasteiger partial charge < -0.3 is 5.32 Å². The highest BCUT2D eigenvalue weighted by Gasteiger charge is 2.17. The van der Waals surface area contributed by atoms with Gasteiger partial charge in [0.1, 0.15) is 11.1 Å². The SMILES string of the molecule is Cc1ccc(-c2cc(-c3ccccc3)c(C#N)c(SCC(=O)Nc3cccc4ccccc34)n2)cc1. The number of amides is 1. The van der Waals surface area contributed by atoms with Gasteiger partial charge in [-0.15, -0.1) is 0 Å². The van der Waals surface area contributed by atoms with Crippen LogP contribution in [0.3, 0.4) is 0 Å². The maximum absolute atomic E-state index is 12.9. The van der Waals surface area contributed by atoms with Gasteiger partial charge in [-0.3, -0.25) is 4.79 Å². The zero-order valence-corrected chi connectivity index (χ0v) is 20.5. The molecule has 0 fully saturated rings. The second-order valence-corrected chi connectivity index (χ2v) is 9.41. The highest BCUT2D eigenvalue weighted by molar-refractivity contribution is 8.00. The van der Waals surface area contributed by atoms with Crippen LogP contribution in [-0.2, 0) is 4.79 Å². The minimum atomic E-state index is -0.149. The standard InChI is InChI=1S/C31H23N3OS/c1-21-14-16-24(17-15-21)29-18-26(23-8-3-2-4-9-23)27(19-32)31(34-29)36-20-30(35)33-28-13-7-11-22-10-5-6-12-25(22)28/h2-18H,20H2,1H3,(H,33,35). The summed E-state index contributed by atoms with van der Waals surface area (Å²) in [4.78, 5) is 17.8. The number of hydrogen-bond donors (Lipinski definition) is 1. The van der Waals surface area contributed by atoms with Gasteiger partial charge in [0.2, 0.25) is 5.91 Å². The third kappa shape index (κ3) is 5.00. The summed E-state index contributed by atoms with van der Waals surface area (Å²) in [7, 11) is 0. The van der Waals surface area contributed by atoms with Crippen LogP contribution in [0.5, 0.6) is 0 Å². The molecular weight excluding hydrogens is 462 g/mol. The molecule has 1 N–H and O–H groups in total. The van der Waals surface area contributed by atoms with Crippen LogP contribution in [0.2, 0.25) is 0 Å². The van der Waals surface area contributed by atoms with Gasteiger partial charge in [0, 0.05) is 22.2 Å². The number of thioether (sulfide) groups is 1. The Kier molecular flexibility index (Phi) is 6.79. The van der Waals surface area contributed by atoms with Crippen molar-refractivity contribution in [3.05, 3.63) is 114 Å². The molecule has 174 valence electrons. The molecule has 5 rings (SSSR count). The quantitative estimate of drug-likeness (QED) is 0.253. The molecule has 0 aliphatic heterocycles. The van der Waals surface area contributed by atoms with E-state index in [-0.39, 0.29) is 11.7 Å². The number of nitrogens with zero attached hydrogens (tertiary/aromatic N) is 2. The molecule has 4 nitrogen and oxygen atoms in total. The predicted molar refractivity (Wildman–Crippen MR) is 148 cm³/mol. The molecule has 5 heteroatoms. The Labute approximate surface area is 214 Å². The summed E-state index contributed by atoms with van der Waals surface area (Å²) in [6, 6.07) is 36.0. The van der Waals surface area contributed by atoms with Crippen molar-refractivity contribution in [2.45, 2.75) is 11.9 Å². The molecule has 4 aromatic carbocycles. The van der Waals surface area contributed by atoms with Crippen LogP contribution in [0.15, 0.2) is 108 Å². The third-order valence-electron chi connectivity index (χ3n) is 5.93. The Morgan fingerprint density at radius 3 is 2.39 bits per heavy atom. The van der Waals surface area contributed by atoms with Crippen LogP contribution >= 0.6 is 11.8 Å². The zero-order valence-electron chi connectivity index (χ0n) is 19.7. The number of aromatic nitrogens is 1. The molecule has 1 amide bonds. The first-order chi connectivity index (χ1) is 17.6. The van der Waals surface area contributed by atoms with E-state index in [0.29, 0.717) is 10.6 Å². The average Bonchev–Trinajstić information content (AvgIpc) is 2.92. The number of fused-ring (bicyclic) bond motifs is 1. The molecule has 0 unspecified atom stereocenters. The van der Waals surface area contributed by atoms with Crippen LogP contribution in [0, 0.1) is 18.3 Å². The van der Waals surface area contributed by atoms with E-state index in [4.69, 9.17) is 4.98 Å². The van der Waals surface area contributed by atoms with Gasteiger partial charge in [-0.25, -0.2) is 4.98 Å². The molecule has 36 heavy (non-hydrogen) atoms. The number of carbonyl (C=O) groups is 1. The summed E-state index contributed by atoms with van der Waals surface area (Å²) in [6.45, 7) is 2.04. The molecule has 0 radical (unpaired) electrons. The van der Waals surface area contributed by atoms with Gasteiger partial charge in [0.25, 0.3) is 0 Å². The van der Waals surface area contributed by atoms with E-state index in [1.165, 1.54) is 11.8 Å². The van der Waals surface area contributed by atoms with Crippen molar-refractivity contribution < 1.29 is 4.79 Å². The number of nitriles is 1. The number of aryl methyl sites for hydroxylation is 1. The minimum absolute atomic E-state index is 0.135. The van der Waals surface area contributed by atoms with Crippen molar-refractivity contribution in [2.24, 2.45) is 0 Å². The lowest BCUT2D eigenvalue weighted by molar-refractivity contribution is -0.113. The molecule has 0 atom stereocenters. The summed E-state index contributed by atoms with van der Waals surface area (Å²) in [5.74, 6) is -0.0136. The largest absolute Gasteiger partial charge is 0.325 e. The van der Waals surface area contributed by atoms with Crippen molar-refractivity contribution in [2.75, 3.05) is 11.1 Å². The van der Waals surface area contributed by atoms with Crippen LogP contribution in [0.4, 0.5) is 5.69 Å². The summed E-state index contributed by atoms with van der Waals surface area (Å²) < 4.78 is 0. The molecule has 5 aromatic rings. The smallest absolute Gasteiger partial charge is 0.234 e. The lowest BCUT2D eigenvalue weighted by Gasteiger charge is -2.13. The van der Waals surface area contributed by atoms with Crippen LogP contribution in [0.25, 0.3) is 33.2 Å². The highest BCUT2D eigenvalue weighted by Crippen LogP contribution is 2.34. The molecule has 0 aliphatic carbocycles. The number of benzene rings is 4. The van der Waals surface area contributed by atoms with Crippen LogP contribution in [-0.4, -0.2) is 16.6 Å². The fourth-order valence-corrected chi connectivity index (χ4v) is 4.91. The highest BCUT2D eigenvalue weighted by atomic mass is 32.2. The first-order valence-electron chi connectivity index (χ1n) is 11.6. The minimum Gasteiger partial charge on any atom is -0.325 e. The van der Waals surface area contributed by atoms with Gasteiger partial charge >= 0.3 is 0 Å². The summed E-state index contributed by atoms with van der Waals surface area (Å²) in [6.07, 6.45) is 0. The first-order valence-corrected chi connectivity index (χ1v) is 12.6. The Morgan fingerprint density at radius 1 is 0.889 bits per heavy atom. The van der Waals surface area contributed by atoms with Crippen molar-refractivity contribution in [3.63, 3.8) is 0 Å². The number of pyridine rings is 1. The number of nitrogens with one attached hydrogen (secondary N) is 1. The molecule has 0 bridgehead atoms. The van der Waals surface area contributed by atoms with Gasteiger partial charge in [-0.1, -0.05) is 108 Å². The van der Waals surface area contributed by atoms with Crippen molar-refractivity contribution >= 4 is 34.1 Å². The van der Waals surface area contributed by atoms with Crippen molar-refractivity contribution in [1.82, 2.24) is 4.98 Å². The number of anilines is 1. The first kappa shape index (κ1) is 23.3. The summed E-state index contributed by atoms with van der Waals surface area (Å²) in [5, 5.41) is 15.7. The maximum Gasteiger partial charge on any atom is 0.234 e. The zero-order chi connectivity index (χ0) is 24.9. The summed E-state index contributed by atoms with van der Waals surface area (Å²) >= 11 is 1.28. The van der Waals surface area contributed by atoms with E-state index in [1.807, 2.05) is 110 Å². The molecule has 0 spiro atoms. The van der Waals surface area contributed by atoms with Crippen molar-refractivity contribution in [3.8, 4) is 28.5 Å². The monoisotopic (exact) mass is 485 g/mol. The third-order valence-corrected chi connectivity index (χ3v) is 6.91. The van der Waals surface area contributed by atoms with Crippen LogP contribution < -0.4 is 5.32 Å². The summed E-state index contributed by atoms with van der Waals surface area (Å²) in [5.41, 5.74) is 5.88. The number of rotatable bonds is 6. The Balaban J connectivity index is 1.47.